The zero-order chi connectivity index (χ0) is 29.4. The molecule has 0 radical (unpaired) electrons. The molecule has 3 aromatic carbocycles. The van der Waals surface area contributed by atoms with E-state index in [1.54, 1.807) is 19.4 Å². The van der Waals surface area contributed by atoms with Crippen LogP contribution in [-0.4, -0.2) is 46.7 Å². The third kappa shape index (κ3) is 5.36. The van der Waals surface area contributed by atoms with Crippen LogP contribution in [-0.2, 0) is 29.7 Å². The number of ether oxygens (including phenoxy) is 2. The number of carbonyl (C=O) groups is 2. The SMILES string of the molecule is COCC1c2cc(-c3ncc(N4CCC(=O)NC4=O)n3C)ccc2CN1Cc1ccc(Oc2c(F)cccc2Cl)cc1. The fourth-order valence-corrected chi connectivity index (χ4v) is 5.73. The first-order chi connectivity index (χ1) is 20.3. The zero-order valence-corrected chi connectivity index (χ0v) is 23.9. The number of anilines is 1. The van der Waals surface area contributed by atoms with Crippen LogP contribution >= 0.6 is 11.6 Å². The molecule has 1 atom stereocenters. The Morgan fingerprint density at radius 2 is 1.93 bits per heavy atom. The maximum absolute atomic E-state index is 14.1. The van der Waals surface area contributed by atoms with Crippen LogP contribution in [0.15, 0.2) is 66.9 Å². The molecule has 2 aliphatic heterocycles. The van der Waals surface area contributed by atoms with Gasteiger partial charge in [0.2, 0.25) is 5.91 Å². The molecule has 0 bridgehead atoms. The van der Waals surface area contributed by atoms with Crippen molar-refractivity contribution in [2.45, 2.75) is 25.6 Å². The first-order valence-corrected chi connectivity index (χ1v) is 13.9. The Balaban J connectivity index is 1.20. The Labute approximate surface area is 247 Å². The Kier molecular flexibility index (Phi) is 7.68. The predicted molar refractivity (Wildman–Crippen MR) is 156 cm³/mol. The average Bonchev–Trinajstić information content (AvgIpc) is 3.51. The Morgan fingerprint density at radius 3 is 2.67 bits per heavy atom. The lowest BCUT2D eigenvalue weighted by atomic mass is 10.0. The van der Waals surface area contributed by atoms with Crippen LogP contribution in [0, 0.1) is 5.82 Å². The van der Waals surface area contributed by atoms with Gasteiger partial charge < -0.3 is 14.0 Å². The van der Waals surface area contributed by atoms with Crippen molar-refractivity contribution >= 4 is 29.4 Å². The summed E-state index contributed by atoms with van der Waals surface area (Å²) in [5.74, 6) is 1.05. The standard InChI is InChI=1S/C31H29ClFN5O4/c1-36-28(38-13-12-27(39)35-31(38)40)15-34-30(36)20-8-9-21-17-37(26(18-41-2)23(21)14-20)16-19-6-10-22(11-7-19)42-29-24(32)4-3-5-25(29)33/h3-11,14-15,26H,12-13,16-18H2,1-2H3,(H,35,39,40). The lowest BCUT2D eigenvalue weighted by Gasteiger charge is -2.26. The van der Waals surface area contributed by atoms with E-state index in [0.29, 0.717) is 31.3 Å². The van der Waals surface area contributed by atoms with Crippen LogP contribution in [0.3, 0.4) is 0 Å². The van der Waals surface area contributed by atoms with Gasteiger partial charge in [-0.15, -0.1) is 0 Å². The van der Waals surface area contributed by atoms with Crippen molar-refractivity contribution in [2.75, 3.05) is 25.2 Å². The molecule has 3 heterocycles. The fourth-order valence-electron chi connectivity index (χ4n) is 5.53. The van der Waals surface area contributed by atoms with Crippen molar-refractivity contribution < 1.29 is 23.5 Å². The number of urea groups is 1. The quantitative estimate of drug-likeness (QED) is 0.279. The molecule has 0 aliphatic carbocycles. The maximum atomic E-state index is 14.1. The Morgan fingerprint density at radius 1 is 1.12 bits per heavy atom. The lowest BCUT2D eigenvalue weighted by molar-refractivity contribution is -0.120. The summed E-state index contributed by atoms with van der Waals surface area (Å²) in [5.41, 5.74) is 4.36. The van der Waals surface area contributed by atoms with E-state index < -0.39 is 11.8 Å². The smallest absolute Gasteiger partial charge is 0.329 e. The van der Waals surface area contributed by atoms with E-state index in [-0.39, 0.29) is 29.1 Å². The molecule has 1 fully saturated rings. The first kappa shape index (κ1) is 27.9. The molecule has 1 aromatic heterocycles. The number of nitrogens with one attached hydrogen (secondary N) is 1. The number of methoxy groups -OCH3 is 1. The summed E-state index contributed by atoms with van der Waals surface area (Å²) in [5, 5.41) is 2.57. The van der Waals surface area contributed by atoms with Crippen molar-refractivity contribution in [2.24, 2.45) is 7.05 Å². The highest BCUT2D eigenvalue weighted by Crippen LogP contribution is 2.38. The zero-order valence-electron chi connectivity index (χ0n) is 23.1. The van der Waals surface area contributed by atoms with Gasteiger partial charge in [-0.05, 0) is 47.0 Å². The van der Waals surface area contributed by atoms with Gasteiger partial charge in [0.25, 0.3) is 0 Å². The van der Waals surface area contributed by atoms with Gasteiger partial charge in [-0.1, -0.05) is 41.9 Å². The largest absolute Gasteiger partial charge is 0.453 e. The summed E-state index contributed by atoms with van der Waals surface area (Å²) in [6.07, 6.45) is 1.90. The molecule has 42 heavy (non-hydrogen) atoms. The number of aromatic nitrogens is 2. The van der Waals surface area contributed by atoms with E-state index in [4.69, 9.17) is 21.1 Å². The number of carbonyl (C=O) groups excluding carboxylic acids is 2. The number of nitrogens with zero attached hydrogens (tertiary/aromatic N) is 4. The van der Waals surface area contributed by atoms with Crippen molar-refractivity contribution in [3.05, 3.63) is 94.4 Å². The summed E-state index contributed by atoms with van der Waals surface area (Å²) in [6, 6.07) is 17.8. The Hall–Kier alpha value is -4.25. The number of fused-ring (bicyclic) bond motifs is 1. The summed E-state index contributed by atoms with van der Waals surface area (Å²) in [6.45, 7) is 2.24. The third-order valence-corrected chi connectivity index (χ3v) is 7.94. The number of imidazole rings is 1. The molecule has 1 N–H and O–H groups in total. The molecule has 9 nitrogen and oxygen atoms in total. The number of benzene rings is 3. The minimum atomic E-state index is -0.515. The van der Waals surface area contributed by atoms with Gasteiger partial charge in [0.15, 0.2) is 11.6 Å². The number of hydrogen-bond donors (Lipinski definition) is 1. The van der Waals surface area contributed by atoms with E-state index in [1.165, 1.54) is 22.6 Å². The molecule has 216 valence electrons. The molecular formula is C31H29ClFN5O4. The number of amides is 3. The van der Waals surface area contributed by atoms with Gasteiger partial charge in [0.05, 0.1) is 23.9 Å². The highest BCUT2D eigenvalue weighted by atomic mass is 35.5. The third-order valence-electron chi connectivity index (χ3n) is 7.64. The molecule has 6 rings (SSSR count). The highest BCUT2D eigenvalue weighted by Gasteiger charge is 2.32. The van der Waals surface area contributed by atoms with Gasteiger partial charge in [-0.2, -0.15) is 0 Å². The monoisotopic (exact) mass is 589 g/mol. The van der Waals surface area contributed by atoms with Crippen LogP contribution in [0.4, 0.5) is 15.0 Å². The number of imide groups is 1. The minimum absolute atomic E-state index is 0.00648. The topological polar surface area (TPSA) is 88.9 Å². The van der Waals surface area contributed by atoms with Gasteiger partial charge >= 0.3 is 6.03 Å². The molecule has 0 spiro atoms. The molecule has 1 saturated heterocycles. The summed E-state index contributed by atoms with van der Waals surface area (Å²) in [7, 11) is 3.56. The number of halogens is 2. The van der Waals surface area contributed by atoms with E-state index in [9.17, 15) is 14.0 Å². The number of hydrogen-bond acceptors (Lipinski definition) is 6. The Bertz CT molecular complexity index is 1640. The highest BCUT2D eigenvalue weighted by molar-refractivity contribution is 6.32. The van der Waals surface area contributed by atoms with Crippen molar-refractivity contribution in [1.29, 1.82) is 0 Å². The van der Waals surface area contributed by atoms with Crippen LogP contribution in [0.2, 0.25) is 5.02 Å². The summed E-state index contributed by atoms with van der Waals surface area (Å²) in [4.78, 5) is 32.5. The molecule has 2 aliphatic rings. The molecule has 4 aromatic rings. The molecule has 3 amide bonds. The number of para-hydroxylation sites is 1. The van der Waals surface area contributed by atoms with Gasteiger partial charge in [-0.3, -0.25) is 19.9 Å². The fraction of sp³-hybridized carbons (Fsp3) is 0.258. The van der Waals surface area contributed by atoms with Crippen molar-refractivity contribution in [3.63, 3.8) is 0 Å². The molecule has 1 unspecified atom stereocenters. The summed E-state index contributed by atoms with van der Waals surface area (Å²) < 4.78 is 27.3. The van der Waals surface area contributed by atoms with E-state index in [1.807, 2.05) is 41.9 Å². The van der Waals surface area contributed by atoms with Gasteiger partial charge in [-0.25, -0.2) is 14.2 Å². The minimum Gasteiger partial charge on any atom is -0.453 e. The molecule has 0 saturated carbocycles. The second kappa shape index (κ2) is 11.6. The number of rotatable bonds is 8. The van der Waals surface area contributed by atoms with Crippen LogP contribution in [0.1, 0.15) is 29.2 Å². The second-order valence-electron chi connectivity index (χ2n) is 10.3. The van der Waals surface area contributed by atoms with Crippen LogP contribution < -0.4 is 15.0 Å². The average molecular weight is 590 g/mol. The van der Waals surface area contributed by atoms with Crippen LogP contribution in [0.5, 0.6) is 11.5 Å². The van der Waals surface area contributed by atoms with E-state index >= 15 is 0 Å². The second-order valence-corrected chi connectivity index (χ2v) is 10.7. The van der Waals surface area contributed by atoms with Gasteiger partial charge in [0.1, 0.15) is 17.4 Å². The van der Waals surface area contributed by atoms with E-state index in [0.717, 1.165) is 29.1 Å². The van der Waals surface area contributed by atoms with Gasteiger partial charge in [0, 0.05) is 45.8 Å². The normalized spacial score (nSPS) is 17.0. The molecule has 11 heteroatoms. The first-order valence-electron chi connectivity index (χ1n) is 13.5. The van der Waals surface area contributed by atoms with Crippen molar-refractivity contribution in [3.8, 4) is 22.9 Å². The molecular weight excluding hydrogens is 561 g/mol. The summed E-state index contributed by atoms with van der Waals surface area (Å²) >= 11 is 6.10. The van der Waals surface area contributed by atoms with Crippen molar-refractivity contribution in [1.82, 2.24) is 19.8 Å². The van der Waals surface area contributed by atoms with E-state index in [2.05, 4.69) is 27.3 Å². The lowest BCUT2D eigenvalue weighted by Crippen LogP contribution is -2.50. The van der Waals surface area contributed by atoms with Crippen LogP contribution in [0.25, 0.3) is 11.4 Å². The maximum Gasteiger partial charge on any atom is 0.329 e. The predicted octanol–water partition coefficient (Wildman–Crippen LogP) is 5.82.